The van der Waals surface area contributed by atoms with Crippen molar-refractivity contribution in [2.45, 2.75) is 56.8 Å². The largest absolute Gasteiger partial charge is 0.491 e. The normalized spacial score (nSPS) is 19.6. The summed E-state index contributed by atoms with van der Waals surface area (Å²) >= 11 is 0. The molecule has 0 spiro atoms. The minimum Gasteiger partial charge on any atom is -0.491 e. The number of rotatable bonds is 9. The molecule has 1 aromatic heterocycles. The first-order valence-electron chi connectivity index (χ1n) is 9.98. The predicted molar refractivity (Wildman–Crippen MR) is 103 cm³/mol. The van der Waals surface area contributed by atoms with Gasteiger partial charge in [0, 0.05) is 30.6 Å². The zero-order chi connectivity index (χ0) is 22.6. The summed E-state index contributed by atoms with van der Waals surface area (Å²) in [5.74, 6) is -5.56. The average molecular weight is 446 g/mol. The van der Waals surface area contributed by atoms with Crippen molar-refractivity contribution in [2.24, 2.45) is 5.92 Å². The Morgan fingerprint density at radius 2 is 1.97 bits per heavy atom. The van der Waals surface area contributed by atoms with Gasteiger partial charge in [-0.15, -0.1) is 0 Å². The molecule has 0 saturated heterocycles. The first kappa shape index (κ1) is 23.2. The molecule has 1 heterocycles. The molecule has 1 fully saturated rings. The maximum atomic E-state index is 13.0. The minimum absolute atomic E-state index is 0.0963. The molecule has 1 aliphatic rings. The van der Waals surface area contributed by atoms with Gasteiger partial charge < -0.3 is 15.2 Å². The summed E-state index contributed by atoms with van der Waals surface area (Å²) in [6.07, 6.45) is -3.86. The van der Waals surface area contributed by atoms with Crippen LogP contribution < -0.4 is 10.1 Å². The summed E-state index contributed by atoms with van der Waals surface area (Å²) in [7, 11) is 0. The van der Waals surface area contributed by atoms with E-state index in [1.165, 1.54) is 0 Å². The monoisotopic (exact) mass is 446 g/mol. The number of hydrogen-bond acceptors (Lipinski definition) is 4. The summed E-state index contributed by atoms with van der Waals surface area (Å²) < 4.78 is 68.2. The number of alkyl halides is 5. The third kappa shape index (κ3) is 5.61. The Balaban J connectivity index is 1.61. The fourth-order valence-corrected chi connectivity index (χ4v) is 3.74. The Kier molecular flexibility index (Phi) is 6.98. The van der Waals surface area contributed by atoms with E-state index in [-0.39, 0.29) is 18.6 Å². The van der Waals surface area contributed by atoms with Crippen LogP contribution in [0.3, 0.4) is 0 Å². The Hall–Kier alpha value is -2.49. The number of pyridine rings is 1. The number of carbonyl (C=O) groups is 1. The Bertz CT molecular complexity index is 920. The topological polar surface area (TPSA) is 71.5 Å². The van der Waals surface area contributed by atoms with Gasteiger partial charge in [-0.3, -0.25) is 9.78 Å². The van der Waals surface area contributed by atoms with Gasteiger partial charge in [0.2, 0.25) is 0 Å². The molecular formula is C21H23F5N2O3. The maximum absolute atomic E-state index is 13.0. The fraction of sp³-hybridized carbons (Fsp3) is 0.524. The highest BCUT2D eigenvalue weighted by molar-refractivity contribution is 5.87. The van der Waals surface area contributed by atoms with Crippen molar-refractivity contribution < 1.29 is 36.6 Å². The van der Waals surface area contributed by atoms with Crippen LogP contribution in [0.25, 0.3) is 10.9 Å². The van der Waals surface area contributed by atoms with Gasteiger partial charge in [-0.05, 0) is 43.4 Å². The predicted octanol–water partition coefficient (Wildman–Crippen LogP) is 4.93. The lowest BCUT2D eigenvalue weighted by atomic mass is 10.1. The lowest BCUT2D eigenvalue weighted by Crippen LogP contribution is -2.36. The maximum Gasteiger partial charge on any atom is 0.453 e. The van der Waals surface area contributed by atoms with E-state index in [4.69, 9.17) is 9.84 Å². The molecule has 3 rings (SSSR count). The lowest BCUT2D eigenvalue weighted by molar-refractivity contribution is -0.284. The molecule has 2 unspecified atom stereocenters. The number of aromatic nitrogens is 1. The van der Waals surface area contributed by atoms with E-state index < -0.39 is 30.9 Å². The lowest BCUT2D eigenvalue weighted by Gasteiger charge is -2.19. The zero-order valence-corrected chi connectivity index (χ0v) is 16.6. The smallest absolute Gasteiger partial charge is 0.453 e. The van der Waals surface area contributed by atoms with Crippen molar-refractivity contribution in [1.29, 1.82) is 0 Å². The first-order valence-corrected chi connectivity index (χ1v) is 9.98. The van der Waals surface area contributed by atoms with Crippen molar-refractivity contribution >= 4 is 16.9 Å². The molecule has 0 amide bonds. The van der Waals surface area contributed by atoms with Gasteiger partial charge in [0.25, 0.3) is 0 Å². The second-order valence-electron chi connectivity index (χ2n) is 7.70. The van der Waals surface area contributed by atoms with Crippen LogP contribution in [0.1, 0.15) is 37.7 Å². The van der Waals surface area contributed by atoms with Crippen molar-refractivity contribution in [3.63, 3.8) is 0 Å². The Morgan fingerprint density at radius 1 is 1.19 bits per heavy atom. The molecule has 31 heavy (non-hydrogen) atoms. The van der Waals surface area contributed by atoms with Crippen molar-refractivity contribution in [2.75, 3.05) is 6.61 Å². The molecule has 0 aliphatic heterocycles. The molecule has 170 valence electrons. The number of halogens is 5. The van der Waals surface area contributed by atoms with Crippen LogP contribution in [-0.4, -0.2) is 40.8 Å². The van der Waals surface area contributed by atoms with E-state index in [0.717, 1.165) is 17.4 Å². The molecule has 1 aliphatic carbocycles. The molecule has 0 radical (unpaired) electrons. The van der Waals surface area contributed by atoms with Crippen molar-refractivity contribution in [3.05, 3.63) is 36.0 Å². The standard InChI is InChI=1S/C21H23F5N2O3/c22-20(23,21(24,25)26)8-2-10-31-17-7-5-14(16-3-1-9-27-18(16)17)12-28-15-6-4-13(11-15)19(29)30/h1,3,5,7,9,13,15,28H,2,4,6,8,10-12H2,(H,29,30). The Morgan fingerprint density at radius 3 is 2.65 bits per heavy atom. The molecule has 0 bridgehead atoms. The number of aliphatic carboxylic acids is 1. The number of carboxylic acids is 1. The number of fused-ring (bicyclic) bond motifs is 1. The fourth-order valence-electron chi connectivity index (χ4n) is 3.74. The molecule has 2 aromatic rings. The Labute approximate surface area is 175 Å². The van der Waals surface area contributed by atoms with Crippen LogP contribution in [0.5, 0.6) is 5.75 Å². The van der Waals surface area contributed by atoms with Crippen LogP contribution in [0.2, 0.25) is 0 Å². The van der Waals surface area contributed by atoms with Crippen molar-refractivity contribution in [1.82, 2.24) is 10.3 Å². The van der Waals surface area contributed by atoms with Crippen LogP contribution in [-0.2, 0) is 11.3 Å². The van der Waals surface area contributed by atoms with Gasteiger partial charge in [0.1, 0.15) is 11.3 Å². The van der Waals surface area contributed by atoms with Gasteiger partial charge in [0.05, 0.1) is 12.5 Å². The molecule has 1 saturated carbocycles. The van der Waals surface area contributed by atoms with Crippen molar-refractivity contribution in [3.8, 4) is 5.75 Å². The van der Waals surface area contributed by atoms with E-state index in [9.17, 15) is 26.7 Å². The van der Waals surface area contributed by atoms with Crippen LogP contribution in [0.15, 0.2) is 30.5 Å². The van der Waals surface area contributed by atoms with Gasteiger partial charge in [-0.2, -0.15) is 22.0 Å². The highest BCUT2D eigenvalue weighted by atomic mass is 19.4. The van der Waals surface area contributed by atoms with Crippen LogP contribution in [0.4, 0.5) is 22.0 Å². The van der Waals surface area contributed by atoms with E-state index in [1.807, 2.05) is 6.07 Å². The summed E-state index contributed by atoms with van der Waals surface area (Å²) in [6, 6.07) is 7.04. The van der Waals surface area contributed by atoms with E-state index >= 15 is 0 Å². The second kappa shape index (κ2) is 9.33. The van der Waals surface area contributed by atoms with Gasteiger partial charge in [0.15, 0.2) is 0 Å². The molecule has 10 heteroatoms. The number of carboxylic acid groups (broad SMARTS) is 1. The van der Waals surface area contributed by atoms with Crippen LogP contribution >= 0.6 is 0 Å². The van der Waals surface area contributed by atoms with Gasteiger partial charge in [-0.25, -0.2) is 0 Å². The second-order valence-corrected chi connectivity index (χ2v) is 7.70. The average Bonchev–Trinajstić information content (AvgIpc) is 3.19. The third-order valence-electron chi connectivity index (χ3n) is 5.49. The highest BCUT2D eigenvalue weighted by Gasteiger charge is 2.56. The number of nitrogens with zero attached hydrogens (tertiary/aromatic N) is 1. The summed E-state index contributed by atoms with van der Waals surface area (Å²) in [5.41, 5.74) is 1.39. The third-order valence-corrected chi connectivity index (χ3v) is 5.49. The zero-order valence-electron chi connectivity index (χ0n) is 16.6. The first-order chi connectivity index (χ1) is 14.6. The van der Waals surface area contributed by atoms with Gasteiger partial charge in [-0.1, -0.05) is 12.1 Å². The quantitative estimate of drug-likeness (QED) is 0.422. The van der Waals surface area contributed by atoms with Crippen LogP contribution in [0, 0.1) is 5.92 Å². The van der Waals surface area contributed by atoms with E-state index in [1.54, 1.807) is 24.4 Å². The number of ether oxygens (including phenoxy) is 1. The molecule has 5 nitrogen and oxygen atoms in total. The summed E-state index contributed by atoms with van der Waals surface area (Å²) in [5, 5.41) is 13.2. The number of hydrogen-bond donors (Lipinski definition) is 2. The minimum atomic E-state index is -5.57. The molecule has 2 atom stereocenters. The summed E-state index contributed by atoms with van der Waals surface area (Å²) in [4.78, 5) is 15.4. The highest BCUT2D eigenvalue weighted by Crippen LogP contribution is 2.39. The molecular weight excluding hydrogens is 423 g/mol. The van der Waals surface area contributed by atoms with Gasteiger partial charge >= 0.3 is 18.1 Å². The molecule has 2 N–H and O–H groups in total. The van der Waals surface area contributed by atoms with E-state index in [2.05, 4.69) is 10.3 Å². The summed E-state index contributed by atoms with van der Waals surface area (Å²) in [6.45, 7) is 0.185. The number of nitrogens with one attached hydrogen (secondary N) is 1. The SMILES string of the molecule is O=C(O)C1CCC(NCc2ccc(OCCCC(F)(F)C(F)(F)F)c3ncccc23)C1. The number of benzene rings is 1. The molecule has 1 aromatic carbocycles. The van der Waals surface area contributed by atoms with E-state index in [0.29, 0.717) is 30.7 Å².